The van der Waals surface area contributed by atoms with Crippen LogP contribution in [0.1, 0.15) is 31.7 Å². The highest BCUT2D eigenvalue weighted by Gasteiger charge is 2.22. The molecular formula is C11H16BrNS. The topological polar surface area (TPSA) is 12.0 Å². The number of halogens is 1. The molecule has 1 fully saturated rings. The van der Waals surface area contributed by atoms with Crippen LogP contribution in [0.3, 0.4) is 0 Å². The van der Waals surface area contributed by atoms with Gasteiger partial charge in [-0.2, -0.15) is 0 Å². The van der Waals surface area contributed by atoms with E-state index in [9.17, 15) is 0 Å². The molecule has 14 heavy (non-hydrogen) atoms. The molecule has 2 atom stereocenters. The number of hydrogen-bond acceptors (Lipinski definition) is 2. The van der Waals surface area contributed by atoms with Gasteiger partial charge in [0.1, 0.15) is 0 Å². The Morgan fingerprint density at radius 3 is 3.00 bits per heavy atom. The largest absolute Gasteiger partial charge is 0.310 e. The highest BCUT2D eigenvalue weighted by molar-refractivity contribution is 9.11. The quantitative estimate of drug-likeness (QED) is 0.884. The molecule has 3 heteroatoms. The fourth-order valence-corrected chi connectivity index (χ4v) is 3.35. The Balaban J connectivity index is 1.82. The number of hydrogen-bond donors (Lipinski definition) is 1. The average Bonchev–Trinajstić information content (AvgIpc) is 2.72. The molecule has 0 saturated heterocycles. The third-order valence-electron chi connectivity index (χ3n) is 3.05. The SMILES string of the molecule is CC1CCCC1NCc1csc(Br)c1. The zero-order valence-corrected chi connectivity index (χ0v) is 10.8. The van der Waals surface area contributed by atoms with Gasteiger partial charge in [-0.05, 0) is 51.7 Å². The second-order valence-electron chi connectivity index (χ2n) is 4.15. The summed E-state index contributed by atoms with van der Waals surface area (Å²) in [6, 6.07) is 2.95. The van der Waals surface area contributed by atoms with Gasteiger partial charge in [0, 0.05) is 12.6 Å². The maximum atomic E-state index is 3.65. The van der Waals surface area contributed by atoms with Crippen LogP contribution in [0.2, 0.25) is 0 Å². The summed E-state index contributed by atoms with van der Waals surface area (Å²) in [6.45, 7) is 3.38. The second kappa shape index (κ2) is 4.77. The van der Waals surface area contributed by atoms with E-state index in [4.69, 9.17) is 0 Å². The van der Waals surface area contributed by atoms with E-state index < -0.39 is 0 Å². The van der Waals surface area contributed by atoms with Crippen LogP contribution in [0.5, 0.6) is 0 Å². The van der Waals surface area contributed by atoms with Crippen molar-refractivity contribution in [2.45, 2.75) is 38.8 Å². The van der Waals surface area contributed by atoms with E-state index in [0.717, 1.165) is 18.5 Å². The van der Waals surface area contributed by atoms with E-state index in [0.29, 0.717) is 0 Å². The van der Waals surface area contributed by atoms with Crippen molar-refractivity contribution in [1.82, 2.24) is 5.32 Å². The Bertz CT molecular complexity index is 297. The van der Waals surface area contributed by atoms with Crippen LogP contribution in [-0.4, -0.2) is 6.04 Å². The smallest absolute Gasteiger partial charge is 0.0701 e. The van der Waals surface area contributed by atoms with E-state index >= 15 is 0 Å². The minimum Gasteiger partial charge on any atom is -0.310 e. The molecule has 1 aliphatic rings. The van der Waals surface area contributed by atoms with Crippen LogP contribution in [0.25, 0.3) is 0 Å². The van der Waals surface area contributed by atoms with Gasteiger partial charge in [-0.25, -0.2) is 0 Å². The molecule has 0 spiro atoms. The fraction of sp³-hybridized carbons (Fsp3) is 0.636. The molecule has 0 aliphatic heterocycles. The van der Waals surface area contributed by atoms with Crippen molar-refractivity contribution in [3.05, 3.63) is 20.8 Å². The first-order chi connectivity index (χ1) is 6.75. The maximum absolute atomic E-state index is 3.65. The zero-order valence-electron chi connectivity index (χ0n) is 8.42. The first-order valence-corrected chi connectivity index (χ1v) is 6.89. The molecule has 0 bridgehead atoms. The Morgan fingerprint density at radius 2 is 2.43 bits per heavy atom. The van der Waals surface area contributed by atoms with Gasteiger partial charge in [-0.15, -0.1) is 11.3 Å². The molecule has 2 unspecified atom stereocenters. The Hall–Kier alpha value is 0.140. The van der Waals surface area contributed by atoms with Crippen LogP contribution in [0.4, 0.5) is 0 Å². The number of rotatable bonds is 3. The Labute approximate surface area is 98.0 Å². The van der Waals surface area contributed by atoms with Crippen molar-refractivity contribution in [2.75, 3.05) is 0 Å². The van der Waals surface area contributed by atoms with Gasteiger partial charge in [-0.3, -0.25) is 0 Å². The molecule has 0 aromatic carbocycles. The van der Waals surface area contributed by atoms with E-state index in [1.165, 1.54) is 28.6 Å². The standard InChI is InChI=1S/C11H16BrNS/c1-8-3-2-4-10(8)13-6-9-5-11(12)14-7-9/h5,7-8,10,13H,2-4,6H2,1H3. The fourth-order valence-electron chi connectivity index (χ4n) is 2.14. The van der Waals surface area contributed by atoms with Gasteiger partial charge >= 0.3 is 0 Å². The van der Waals surface area contributed by atoms with Crippen LogP contribution in [-0.2, 0) is 6.54 Å². The van der Waals surface area contributed by atoms with Crippen LogP contribution >= 0.6 is 27.3 Å². The lowest BCUT2D eigenvalue weighted by molar-refractivity contribution is 0.426. The molecule has 0 amide bonds. The van der Waals surface area contributed by atoms with E-state index in [1.807, 2.05) is 0 Å². The highest BCUT2D eigenvalue weighted by atomic mass is 79.9. The van der Waals surface area contributed by atoms with Gasteiger partial charge in [0.15, 0.2) is 0 Å². The lowest BCUT2D eigenvalue weighted by Crippen LogP contribution is -2.30. The average molecular weight is 274 g/mol. The summed E-state index contributed by atoms with van der Waals surface area (Å²) in [6.07, 6.45) is 4.14. The van der Waals surface area contributed by atoms with Gasteiger partial charge in [-0.1, -0.05) is 13.3 Å². The van der Waals surface area contributed by atoms with Crippen molar-refractivity contribution >= 4 is 27.3 Å². The van der Waals surface area contributed by atoms with Gasteiger partial charge < -0.3 is 5.32 Å². The molecule has 0 radical (unpaired) electrons. The molecule has 1 aromatic rings. The lowest BCUT2D eigenvalue weighted by Gasteiger charge is -2.16. The maximum Gasteiger partial charge on any atom is 0.0701 e. The second-order valence-corrected chi connectivity index (χ2v) is 6.45. The molecule has 2 rings (SSSR count). The third-order valence-corrected chi connectivity index (χ3v) is 4.60. The highest BCUT2D eigenvalue weighted by Crippen LogP contribution is 2.26. The lowest BCUT2D eigenvalue weighted by atomic mass is 10.1. The van der Waals surface area contributed by atoms with E-state index in [2.05, 4.69) is 39.6 Å². The number of thiophene rings is 1. The zero-order chi connectivity index (χ0) is 9.97. The van der Waals surface area contributed by atoms with Gasteiger partial charge in [0.2, 0.25) is 0 Å². The monoisotopic (exact) mass is 273 g/mol. The van der Waals surface area contributed by atoms with Crippen molar-refractivity contribution in [3.8, 4) is 0 Å². The Morgan fingerprint density at radius 1 is 1.57 bits per heavy atom. The van der Waals surface area contributed by atoms with Gasteiger partial charge in [0.25, 0.3) is 0 Å². The predicted octanol–water partition coefficient (Wildman–Crippen LogP) is 3.79. The van der Waals surface area contributed by atoms with E-state index in [1.54, 1.807) is 11.3 Å². The number of nitrogens with one attached hydrogen (secondary N) is 1. The summed E-state index contributed by atoms with van der Waals surface area (Å²) < 4.78 is 1.23. The van der Waals surface area contributed by atoms with E-state index in [-0.39, 0.29) is 0 Å². The van der Waals surface area contributed by atoms with Gasteiger partial charge in [0.05, 0.1) is 3.79 Å². The van der Waals surface area contributed by atoms with Crippen molar-refractivity contribution in [3.63, 3.8) is 0 Å². The molecule has 1 nitrogen and oxygen atoms in total. The molecule has 78 valence electrons. The molecule has 1 saturated carbocycles. The normalized spacial score (nSPS) is 27.0. The summed E-state index contributed by atoms with van der Waals surface area (Å²) >= 11 is 5.25. The molecule has 1 heterocycles. The van der Waals surface area contributed by atoms with Crippen LogP contribution in [0.15, 0.2) is 15.2 Å². The van der Waals surface area contributed by atoms with Crippen LogP contribution in [0, 0.1) is 5.92 Å². The summed E-state index contributed by atoms with van der Waals surface area (Å²) in [4.78, 5) is 0. The minimum absolute atomic E-state index is 0.744. The summed E-state index contributed by atoms with van der Waals surface area (Å²) in [5.41, 5.74) is 1.40. The third kappa shape index (κ3) is 2.59. The first kappa shape index (κ1) is 10.7. The summed E-state index contributed by atoms with van der Waals surface area (Å²) in [5.74, 6) is 0.858. The summed E-state index contributed by atoms with van der Waals surface area (Å²) in [7, 11) is 0. The van der Waals surface area contributed by atoms with Crippen molar-refractivity contribution in [2.24, 2.45) is 5.92 Å². The molecular weight excluding hydrogens is 258 g/mol. The Kier molecular flexibility index (Phi) is 3.63. The summed E-state index contributed by atoms with van der Waals surface area (Å²) in [5, 5.41) is 5.87. The predicted molar refractivity (Wildman–Crippen MR) is 65.7 cm³/mol. The first-order valence-electron chi connectivity index (χ1n) is 5.22. The minimum atomic E-state index is 0.744. The molecule has 1 aliphatic carbocycles. The van der Waals surface area contributed by atoms with Crippen molar-refractivity contribution < 1.29 is 0 Å². The molecule has 1 N–H and O–H groups in total. The molecule has 1 aromatic heterocycles. The van der Waals surface area contributed by atoms with Crippen molar-refractivity contribution in [1.29, 1.82) is 0 Å². The van der Waals surface area contributed by atoms with Crippen LogP contribution < -0.4 is 5.32 Å².